The van der Waals surface area contributed by atoms with E-state index < -0.39 is 10.0 Å². The largest absolute Gasteiger partial charge is 0.467 e. The second kappa shape index (κ2) is 9.44. The van der Waals surface area contributed by atoms with E-state index in [2.05, 4.69) is 44.4 Å². The molecule has 5 rings (SSSR count). The highest BCUT2D eigenvalue weighted by molar-refractivity contribution is 7.92. The van der Waals surface area contributed by atoms with Crippen molar-refractivity contribution in [1.82, 2.24) is 14.9 Å². The van der Waals surface area contributed by atoms with Crippen LogP contribution in [0.1, 0.15) is 40.5 Å². The normalized spacial score (nSPS) is 17.9. The van der Waals surface area contributed by atoms with Crippen LogP contribution >= 0.6 is 12.2 Å². The highest BCUT2D eigenvalue weighted by atomic mass is 32.2. The zero-order chi connectivity index (χ0) is 25.4. The van der Waals surface area contributed by atoms with Gasteiger partial charge in [0.2, 0.25) is 10.0 Å². The average Bonchev–Trinajstić information content (AvgIpc) is 3.54. The van der Waals surface area contributed by atoms with Crippen LogP contribution in [0.5, 0.6) is 0 Å². The molecule has 8 nitrogen and oxygen atoms in total. The Kier molecular flexibility index (Phi) is 6.31. The first kappa shape index (κ1) is 24.1. The summed E-state index contributed by atoms with van der Waals surface area (Å²) >= 11 is 5.83. The molecule has 3 aromatic heterocycles. The third-order valence-corrected chi connectivity index (χ3v) is 7.29. The summed E-state index contributed by atoms with van der Waals surface area (Å²) in [6.45, 7) is 4.83. The van der Waals surface area contributed by atoms with Crippen molar-refractivity contribution in [2.45, 2.75) is 32.5 Å². The van der Waals surface area contributed by atoms with Gasteiger partial charge >= 0.3 is 0 Å². The smallest absolute Gasteiger partial charge is 0.229 e. The summed E-state index contributed by atoms with van der Waals surface area (Å²) in [5.74, 6) is 0.885. The number of anilines is 2. The molecule has 1 fully saturated rings. The molecule has 0 aliphatic carbocycles. The highest BCUT2D eigenvalue weighted by Crippen LogP contribution is 2.43. The number of aryl methyl sites for hydroxylation is 1. The molecule has 1 saturated heterocycles. The molecule has 36 heavy (non-hydrogen) atoms. The minimum Gasteiger partial charge on any atom is -0.467 e. The Balaban J connectivity index is 1.58. The van der Waals surface area contributed by atoms with Gasteiger partial charge in [0.15, 0.2) is 5.11 Å². The number of aromatic nitrogens is 2. The number of nitrogens with zero attached hydrogens (tertiary/aromatic N) is 3. The van der Waals surface area contributed by atoms with Crippen LogP contribution in [0.15, 0.2) is 77.5 Å². The molecular weight excluding hydrogens is 494 g/mol. The maximum Gasteiger partial charge on any atom is 0.229 e. The van der Waals surface area contributed by atoms with E-state index in [1.54, 1.807) is 24.6 Å². The van der Waals surface area contributed by atoms with Crippen LogP contribution in [-0.4, -0.2) is 29.3 Å². The van der Waals surface area contributed by atoms with E-state index in [4.69, 9.17) is 16.6 Å². The fraction of sp³-hybridized carbons (Fsp3) is 0.231. The molecule has 2 N–H and O–H groups in total. The van der Waals surface area contributed by atoms with E-state index in [0.29, 0.717) is 17.3 Å². The van der Waals surface area contributed by atoms with Gasteiger partial charge in [-0.2, -0.15) is 0 Å². The van der Waals surface area contributed by atoms with E-state index in [1.807, 2.05) is 42.5 Å². The molecule has 2 atom stereocenters. The van der Waals surface area contributed by atoms with E-state index in [1.165, 1.54) is 0 Å². The Bertz CT molecular complexity index is 1480. The SMILES string of the molecule is Cc1cc(C2C(c3ccccn3)NC(=S)N2c2ccc(NS(C)(=O)=O)cc2)c(C)n1Cc1ccco1. The van der Waals surface area contributed by atoms with Crippen molar-refractivity contribution in [3.8, 4) is 0 Å². The number of sulfonamides is 1. The summed E-state index contributed by atoms with van der Waals surface area (Å²) in [5, 5.41) is 4.06. The number of hydrogen-bond donors (Lipinski definition) is 2. The lowest BCUT2D eigenvalue weighted by molar-refractivity contribution is 0.488. The van der Waals surface area contributed by atoms with Gasteiger partial charge in [-0.3, -0.25) is 9.71 Å². The minimum atomic E-state index is -3.37. The second-order valence-corrected chi connectivity index (χ2v) is 11.0. The number of thiocarbonyl (C=S) groups is 1. The number of nitrogens with one attached hydrogen (secondary N) is 2. The maximum atomic E-state index is 11.6. The molecule has 186 valence electrons. The Hall–Kier alpha value is -3.63. The predicted molar refractivity (Wildman–Crippen MR) is 145 cm³/mol. The average molecular weight is 522 g/mol. The molecule has 1 aliphatic rings. The van der Waals surface area contributed by atoms with Gasteiger partial charge in [-0.1, -0.05) is 6.07 Å². The van der Waals surface area contributed by atoms with Crippen molar-refractivity contribution in [2.75, 3.05) is 15.9 Å². The van der Waals surface area contributed by atoms with Crippen LogP contribution in [0.4, 0.5) is 11.4 Å². The molecule has 1 aliphatic heterocycles. The minimum absolute atomic E-state index is 0.169. The number of pyridine rings is 1. The van der Waals surface area contributed by atoms with Crippen LogP contribution in [0.3, 0.4) is 0 Å². The summed E-state index contributed by atoms with van der Waals surface area (Å²) in [5.41, 5.74) is 5.59. The van der Waals surface area contributed by atoms with Crippen molar-refractivity contribution in [3.63, 3.8) is 0 Å². The lowest BCUT2D eigenvalue weighted by Crippen LogP contribution is -2.29. The van der Waals surface area contributed by atoms with Crippen LogP contribution in [-0.2, 0) is 16.6 Å². The molecule has 0 amide bonds. The molecule has 1 aromatic carbocycles. The summed E-state index contributed by atoms with van der Waals surface area (Å²) in [4.78, 5) is 6.71. The Morgan fingerprint density at radius 3 is 2.53 bits per heavy atom. The van der Waals surface area contributed by atoms with Gasteiger partial charge in [-0.05, 0) is 86.2 Å². The standard InChI is InChI=1S/C26H27N5O3S2/c1-17-15-22(18(2)30(17)16-21-7-6-14-34-21)25-24(23-8-4-5-13-27-23)28-26(35)31(25)20-11-9-19(10-12-20)29-36(3,32)33/h4-15,24-25,29H,16H2,1-3H3,(H,28,35). The van der Waals surface area contributed by atoms with Crippen molar-refractivity contribution in [3.05, 3.63) is 102 Å². The van der Waals surface area contributed by atoms with Gasteiger partial charge in [0, 0.05) is 29.0 Å². The first-order chi connectivity index (χ1) is 17.2. The molecule has 4 heterocycles. The molecule has 2 unspecified atom stereocenters. The molecule has 10 heteroatoms. The van der Waals surface area contributed by atoms with Crippen LogP contribution in [0, 0.1) is 13.8 Å². The van der Waals surface area contributed by atoms with Crippen LogP contribution in [0.2, 0.25) is 0 Å². The third-order valence-electron chi connectivity index (χ3n) is 6.37. The quantitative estimate of drug-likeness (QED) is 0.341. The van der Waals surface area contributed by atoms with Gasteiger partial charge in [0.05, 0.1) is 36.8 Å². The lowest BCUT2D eigenvalue weighted by atomic mass is 9.96. The number of rotatable bonds is 7. The summed E-state index contributed by atoms with van der Waals surface area (Å²) in [6, 6.07) is 18.8. The molecule has 0 spiro atoms. The van der Waals surface area contributed by atoms with Crippen molar-refractivity contribution >= 4 is 38.7 Å². The first-order valence-corrected chi connectivity index (χ1v) is 13.8. The van der Waals surface area contributed by atoms with Gasteiger partial charge < -0.3 is 19.2 Å². The summed E-state index contributed by atoms with van der Waals surface area (Å²) in [6.07, 6.45) is 4.60. The van der Waals surface area contributed by atoms with E-state index in [9.17, 15) is 8.42 Å². The second-order valence-electron chi connectivity index (χ2n) is 8.91. The van der Waals surface area contributed by atoms with Crippen molar-refractivity contribution in [2.24, 2.45) is 0 Å². The molecule has 0 bridgehead atoms. The topological polar surface area (TPSA) is 92.4 Å². The van der Waals surface area contributed by atoms with Gasteiger partial charge in [-0.15, -0.1) is 0 Å². The third kappa shape index (κ3) is 4.74. The lowest BCUT2D eigenvalue weighted by Gasteiger charge is -2.28. The molecular formula is C26H27N5O3S2. The Morgan fingerprint density at radius 1 is 1.11 bits per heavy atom. The zero-order valence-electron chi connectivity index (χ0n) is 20.2. The first-order valence-electron chi connectivity index (χ1n) is 11.5. The van der Waals surface area contributed by atoms with E-state index >= 15 is 0 Å². The van der Waals surface area contributed by atoms with Crippen molar-refractivity contribution < 1.29 is 12.8 Å². The Labute approximate surface area is 216 Å². The van der Waals surface area contributed by atoms with Crippen LogP contribution < -0.4 is 14.9 Å². The molecule has 0 saturated carbocycles. The van der Waals surface area contributed by atoms with E-state index in [-0.39, 0.29) is 12.1 Å². The molecule has 4 aromatic rings. The fourth-order valence-corrected chi connectivity index (χ4v) is 5.69. The Morgan fingerprint density at radius 2 is 1.89 bits per heavy atom. The number of furan rings is 1. The maximum absolute atomic E-state index is 11.6. The van der Waals surface area contributed by atoms with Gasteiger partial charge in [0.25, 0.3) is 0 Å². The summed E-state index contributed by atoms with van der Waals surface area (Å²) in [7, 11) is -3.37. The summed E-state index contributed by atoms with van der Waals surface area (Å²) < 4.78 is 33.6. The van der Waals surface area contributed by atoms with E-state index in [0.717, 1.165) is 40.3 Å². The van der Waals surface area contributed by atoms with Crippen LogP contribution in [0.25, 0.3) is 0 Å². The number of benzene rings is 1. The van der Waals surface area contributed by atoms with Gasteiger partial charge in [0.1, 0.15) is 5.76 Å². The zero-order valence-corrected chi connectivity index (χ0v) is 21.8. The highest BCUT2D eigenvalue weighted by Gasteiger charge is 2.42. The van der Waals surface area contributed by atoms with Gasteiger partial charge in [-0.25, -0.2) is 8.42 Å². The van der Waals surface area contributed by atoms with Crippen molar-refractivity contribution in [1.29, 1.82) is 0 Å². The predicted octanol–water partition coefficient (Wildman–Crippen LogP) is 4.69. The monoisotopic (exact) mass is 521 g/mol. The molecule has 0 radical (unpaired) electrons. The number of hydrogen-bond acceptors (Lipinski definition) is 5. The fourth-order valence-electron chi connectivity index (χ4n) is 4.78.